The van der Waals surface area contributed by atoms with E-state index in [0.29, 0.717) is 41.1 Å². The zero-order valence-electron chi connectivity index (χ0n) is 17.7. The number of furan rings is 1. The molecule has 0 saturated carbocycles. The molecule has 7 heteroatoms. The Balaban J connectivity index is 1.77. The smallest absolute Gasteiger partial charge is 0.248 e. The third-order valence-corrected chi connectivity index (χ3v) is 4.47. The van der Waals surface area contributed by atoms with Gasteiger partial charge < -0.3 is 29.1 Å². The SMILES string of the molecule is CCOc1ccc(/C=C/C(=O)Nc2cc(-c3ccc(CO)o3)ccc2OC)cc1OC. The van der Waals surface area contributed by atoms with Crippen LogP contribution in [0, 0.1) is 0 Å². The van der Waals surface area contributed by atoms with E-state index in [9.17, 15) is 9.90 Å². The molecule has 0 fully saturated rings. The van der Waals surface area contributed by atoms with E-state index < -0.39 is 0 Å². The highest BCUT2D eigenvalue weighted by molar-refractivity contribution is 6.03. The number of aliphatic hydroxyl groups is 1. The van der Waals surface area contributed by atoms with Gasteiger partial charge in [0.1, 0.15) is 23.9 Å². The lowest BCUT2D eigenvalue weighted by molar-refractivity contribution is -0.111. The number of carbonyl (C=O) groups excluding carboxylic acids is 1. The van der Waals surface area contributed by atoms with Crippen LogP contribution in [0.4, 0.5) is 5.69 Å². The molecule has 1 heterocycles. The van der Waals surface area contributed by atoms with E-state index in [2.05, 4.69) is 5.32 Å². The molecule has 2 N–H and O–H groups in total. The second-order valence-corrected chi connectivity index (χ2v) is 6.51. The summed E-state index contributed by atoms with van der Waals surface area (Å²) in [6.07, 6.45) is 3.11. The number of methoxy groups -OCH3 is 2. The predicted molar refractivity (Wildman–Crippen MR) is 118 cm³/mol. The summed E-state index contributed by atoms with van der Waals surface area (Å²) in [6.45, 7) is 2.26. The summed E-state index contributed by atoms with van der Waals surface area (Å²) in [5.41, 5.74) is 2.04. The van der Waals surface area contributed by atoms with Crippen LogP contribution >= 0.6 is 0 Å². The van der Waals surface area contributed by atoms with Gasteiger partial charge in [0.15, 0.2) is 11.5 Å². The number of anilines is 1. The standard InChI is InChI=1S/C24H25NO6/c1-4-30-22-9-5-16(13-23(22)29-3)6-12-24(27)25-19-14-17(7-10-21(19)28-2)20-11-8-18(15-26)31-20/h5-14,26H,4,15H2,1-3H3,(H,25,27)/b12-6+. The van der Waals surface area contributed by atoms with E-state index in [1.165, 1.54) is 13.2 Å². The molecule has 0 atom stereocenters. The van der Waals surface area contributed by atoms with Crippen LogP contribution in [0.1, 0.15) is 18.2 Å². The van der Waals surface area contributed by atoms with Crippen molar-refractivity contribution >= 4 is 17.7 Å². The van der Waals surface area contributed by atoms with Crippen LogP contribution in [0.3, 0.4) is 0 Å². The Kier molecular flexibility index (Phi) is 7.35. The Labute approximate surface area is 180 Å². The number of benzene rings is 2. The average molecular weight is 423 g/mol. The lowest BCUT2D eigenvalue weighted by Crippen LogP contribution is -2.09. The fourth-order valence-corrected chi connectivity index (χ4v) is 2.99. The Bertz CT molecular complexity index is 1070. The number of carbonyl (C=O) groups is 1. The zero-order valence-corrected chi connectivity index (χ0v) is 17.7. The quantitative estimate of drug-likeness (QED) is 0.492. The monoisotopic (exact) mass is 423 g/mol. The van der Waals surface area contributed by atoms with E-state index in [1.54, 1.807) is 49.6 Å². The van der Waals surface area contributed by atoms with Crippen LogP contribution in [0.15, 0.2) is 59.0 Å². The lowest BCUT2D eigenvalue weighted by Gasteiger charge is -2.11. The first-order valence-electron chi connectivity index (χ1n) is 9.75. The molecule has 162 valence electrons. The van der Waals surface area contributed by atoms with Crippen molar-refractivity contribution in [2.75, 3.05) is 26.1 Å². The minimum atomic E-state index is -0.321. The zero-order chi connectivity index (χ0) is 22.2. The van der Waals surface area contributed by atoms with Crippen LogP contribution < -0.4 is 19.5 Å². The molecule has 2 aromatic carbocycles. The van der Waals surface area contributed by atoms with Gasteiger partial charge in [0.25, 0.3) is 0 Å². The van der Waals surface area contributed by atoms with Gasteiger partial charge in [-0.3, -0.25) is 4.79 Å². The molecule has 1 amide bonds. The molecule has 0 aliphatic carbocycles. The lowest BCUT2D eigenvalue weighted by atomic mass is 10.1. The second-order valence-electron chi connectivity index (χ2n) is 6.51. The highest BCUT2D eigenvalue weighted by Gasteiger charge is 2.11. The number of nitrogens with one attached hydrogen (secondary N) is 1. The number of amides is 1. The number of hydrogen-bond donors (Lipinski definition) is 2. The second kappa shape index (κ2) is 10.4. The summed E-state index contributed by atoms with van der Waals surface area (Å²) in [5.74, 6) is 2.49. The molecule has 3 rings (SSSR count). The summed E-state index contributed by atoms with van der Waals surface area (Å²) in [5, 5.41) is 12.0. The van der Waals surface area contributed by atoms with Crippen molar-refractivity contribution in [3.8, 4) is 28.6 Å². The van der Waals surface area contributed by atoms with E-state index in [4.69, 9.17) is 18.6 Å². The molecule has 7 nitrogen and oxygen atoms in total. The first-order chi connectivity index (χ1) is 15.1. The molecule has 0 saturated heterocycles. The average Bonchev–Trinajstić information content (AvgIpc) is 3.28. The van der Waals surface area contributed by atoms with Gasteiger partial charge in [-0.15, -0.1) is 0 Å². The minimum Gasteiger partial charge on any atom is -0.495 e. The minimum absolute atomic E-state index is 0.180. The summed E-state index contributed by atoms with van der Waals surface area (Å²) in [7, 11) is 3.10. The van der Waals surface area contributed by atoms with Gasteiger partial charge in [-0.1, -0.05) is 6.07 Å². The van der Waals surface area contributed by atoms with E-state index in [1.807, 2.05) is 19.1 Å². The van der Waals surface area contributed by atoms with E-state index >= 15 is 0 Å². The maximum Gasteiger partial charge on any atom is 0.248 e. The molecule has 0 unspecified atom stereocenters. The van der Waals surface area contributed by atoms with Crippen molar-refractivity contribution < 1.29 is 28.5 Å². The Morgan fingerprint density at radius 3 is 2.48 bits per heavy atom. The first-order valence-corrected chi connectivity index (χ1v) is 9.75. The Morgan fingerprint density at radius 1 is 1.03 bits per heavy atom. The number of hydrogen-bond acceptors (Lipinski definition) is 6. The van der Waals surface area contributed by atoms with Crippen molar-refractivity contribution in [2.24, 2.45) is 0 Å². The third kappa shape index (κ3) is 5.46. The topological polar surface area (TPSA) is 90.2 Å². The van der Waals surface area contributed by atoms with Gasteiger partial charge in [0.2, 0.25) is 5.91 Å². The van der Waals surface area contributed by atoms with Gasteiger partial charge in [0.05, 0.1) is 26.5 Å². The molecule has 0 aliphatic rings. The predicted octanol–water partition coefficient (Wildman–Crippen LogP) is 4.51. The Morgan fingerprint density at radius 2 is 1.81 bits per heavy atom. The molecule has 0 bridgehead atoms. The summed E-state index contributed by atoms with van der Waals surface area (Å²) in [4.78, 5) is 12.5. The summed E-state index contributed by atoms with van der Waals surface area (Å²) >= 11 is 0. The van der Waals surface area contributed by atoms with Crippen LogP contribution in [0.5, 0.6) is 17.2 Å². The van der Waals surface area contributed by atoms with Crippen LogP contribution in [0.25, 0.3) is 17.4 Å². The van der Waals surface area contributed by atoms with E-state index in [-0.39, 0.29) is 12.5 Å². The highest BCUT2D eigenvalue weighted by Crippen LogP contribution is 2.32. The van der Waals surface area contributed by atoms with Crippen LogP contribution in [-0.4, -0.2) is 31.8 Å². The fraction of sp³-hybridized carbons (Fsp3) is 0.208. The molecular weight excluding hydrogens is 398 g/mol. The van der Waals surface area contributed by atoms with Crippen molar-refractivity contribution in [3.05, 3.63) is 65.9 Å². The molecule has 31 heavy (non-hydrogen) atoms. The molecule has 3 aromatic rings. The van der Waals surface area contributed by atoms with Crippen molar-refractivity contribution in [1.29, 1.82) is 0 Å². The Hall–Kier alpha value is -3.71. The molecule has 1 aromatic heterocycles. The third-order valence-electron chi connectivity index (χ3n) is 4.47. The molecule has 0 spiro atoms. The molecular formula is C24H25NO6. The number of rotatable bonds is 9. The first kappa shape index (κ1) is 22.0. The highest BCUT2D eigenvalue weighted by atomic mass is 16.5. The van der Waals surface area contributed by atoms with Crippen molar-refractivity contribution in [2.45, 2.75) is 13.5 Å². The maximum atomic E-state index is 12.5. The van der Waals surface area contributed by atoms with Crippen molar-refractivity contribution in [3.63, 3.8) is 0 Å². The van der Waals surface area contributed by atoms with Crippen LogP contribution in [-0.2, 0) is 11.4 Å². The molecule has 0 radical (unpaired) electrons. The van der Waals surface area contributed by atoms with Gasteiger partial charge in [-0.25, -0.2) is 0 Å². The van der Waals surface area contributed by atoms with Gasteiger partial charge in [0, 0.05) is 11.6 Å². The van der Waals surface area contributed by atoms with E-state index in [0.717, 1.165) is 11.1 Å². The molecule has 0 aliphatic heterocycles. The largest absolute Gasteiger partial charge is 0.495 e. The number of ether oxygens (including phenoxy) is 3. The summed E-state index contributed by atoms with van der Waals surface area (Å²) in [6, 6.07) is 14.2. The maximum absolute atomic E-state index is 12.5. The van der Waals surface area contributed by atoms with Gasteiger partial charge in [-0.2, -0.15) is 0 Å². The fourth-order valence-electron chi connectivity index (χ4n) is 2.99. The van der Waals surface area contributed by atoms with Crippen LogP contribution in [0.2, 0.25) is 0 Å². The summed E-state index contributed by atoms with van der Waals surface area (Å²) < 4.78 is 21.8. The number of aliphatic hydroxyl groups excluding tert-OH is 1. The normalized spacial score (nSPS) is 10.8. The van der Waals surface area contributed by atoms with Crippen molar-refractivity contribution in [1.82, 2.24) is 0 Å². The van der Waals surface area contributed by atoms with Gasteiger partial charge >= 0.3 is 0 Å². The van der Waals surface area contributed by atoms with Gasteiger partial charge in [-0.05, 0) is 61.0 Å².